The van der Waals surface area contributed by atoms with E-state index in [1.807, 2.05) is 0 Å². The minimum atomic E-state index is 0.422. The third kappa shape index (κ3) is 3.46. The molecule has 1 aliphatic heterocycles. The van der Waals surface area contributed by atoms with Gasteiger partial charge in [0.15, 0.2) is 0 Å². The second-order valence-corrected chi connectivity index (χ2v) is 4.86. The molecule has 0 aromatic rings. The van der Waals surface area contributed by atoms with Gasteiger partial charge in [0.1, 0.15) is 0 Å². The molecular weight excluding hydrogens is 186 g/mol. The molecule has 0 spiro atoms. The summed E-state index contributed by atoms with van der Waals surface area (Å²) in [6.07, 6.45) is 7.04. The number of rotatable bonds is 7. The molecule has 0 saturated carbocycles. The van der Waals surface area contributed by atoms with Crippen LogP contribution in [0.25, 0.3) is 0 Å². The molecule has 0 radical (unpaired) electrons. The van der Waals surface area contributed by atoms with Crippen molar-refractivity contribution in [3.63, 3.8) is 0 Å². The van der Waals surface area contributed by atoms with Crippen molar-refractivity contribution < 1.29 is 4.74 Å². The van der Waals surface area contributed by atoms with Crippen LogP contribution in [-0.4, -0.2) is 25.8 Å². The Balaban J connectivity index is 2.44. The van der Waals surface area contributed by atoms with Crippen molar-refractivity contribution in [2.45, 2.75) is 59.0 Å². The van der Waals surface area contributed by atoms with Gasteiger partial charge in [-0.05, 0) is 26.3 Å². The average molecular weight is 213 g/mol. The van der Waals surface area contributed by atoms with Gasteiger partial charge in [-0.25, -0.2) is 0 Å². The van der Waals surface area contributed by atoms with Gasteiger partial charge >= 0.3 is 0 Å². The molecule has 2 atom stereocenters. The van der Waals surface area contributed by atoms with Crippen molar-refractivity contribution in [2.75, 3.05) is 19.7 Å². The maximum Gasteiger partial charge on any atom is 0.0616 e. The molecule has 0 amide bonds. The van der Waals surface area contributed by atoms with E-state index in [1.54, 1.807) is 0 Å². The maximum atomic E-state index is 5.76. The lowest BCUT2D eigenvalue weighted by atomic mass is 9.77. The fraction of sp³-hybridized carbons (Fsp3) is 1.00. The summed E-state index contributed by atoms with van der Waals surface area (Å²) in [4.78, 5) is 0. The molecule has 1 aliphatic rings. The quantitative estimate of drug-likeness (QED) is 0.656. The van der Waals surface area contributed by atoms with Crippen LogP contribution in [-0.2, 0) is 4.74 Å². The highest BCUT2D eigenvalue weighted by Gasteiger charge is 2.40. The number of hydrogen-bond acceptors (Lipinski definition) is 2. The lowest BCUT2D eigenvalue weighted by Gasteiger charge is -2.32. The van der Waals surface area contributed by atoms with Crippen LogP contribution in [0, 0.1) is 5.41 Å². The van der Waals surface area contributed by atoms with Crippen molar-refractivity contribution in [1.82, 2.24) is 5.32 Å². The first kappa shape index (κ1) is 13.0. The zero-order valence-electron chi connectivity index (χ0n) is 10.6. The Morgan fingerprint density at radius 1 is 1.33 bits per heavy atom. The first-order valence-electron chi connectivity index (χ1n) is 6.57. The van der Waals surface area contributed by atoms with Gasteiger partial charge in [-0.15, -0.1) is 0 Å². The standard InChI is InChI=1S/C13H27NO/c1-4-6-7-8-13(11-14-5-2)9-10-15-12(13)3/h12,14H,4-11H2,1-3H3. The van der Waals surface area contributed by atoms with Crippen LogP contribution < -0.4 is 5.32 Å². The van der Waals surface area contributed by atoms with Gasteiger partial charge in [0.2, 0.25) is 0 Å². The molecule has 1 heterocycles. The summed E-state index contributed by atoms with van der Waals surface area (Å²) < 4.78 is 5.76. The highest BCUT2D eigenvalue weighted by Crippen LogP contribution is 2.39. The highest BCUT2D eigenvalue weighted by atomic mass is 16.5. The summed E-state index contributed by atoms with van der Waals surface area (Å²) >= 11 is 0. The van der Waals surface area contributed by atoms with Crippen LogP contribution >= 0.6 is 0 Å². The molecule has 1 fully saturated rings. The Kier molecular flexibility index (Phi) is 5.62. The first-order chi connectivity index (χ1) is 7.25. The lowest BCUT2D eigenvalue weighted by Crippen LogP contribution is -2.39. The van der Waals surface area contributed by atoms with E-state index in [2.05, 4.69) is 26.1 Å². The number of nitrogens with one attached hydrogen (secondary N) is 1. The minimum absolute atomic E-state index is 0.422. The van der Waals surface area contributed by atoms with Crippen LogP contribution in [0.4, 0.5) is 0 Å². The number of hydrogen-bond donors (Lipinski definition) is 1. The Morgan fingerprint density at radius 3 is 2.67 bits per heavy atom. The Labute approximate surface area is 94.8 Å². The van der Waals surface area contributed by atoms with Crippen LogP contribution in [0.1, 0.15) is 52.9 Å². The Morgan fingerprint density at radius 2 is 2.13 bits per heavy atom. The SMILES string of the molecule is CCCCCC1(CNCC)CCOC1C. The maximum absolute atomic E-state index is 5.76. The Hall–Kier alpha value is -0.0800. The van der Waals surface area contributed by atoms with Gasteiger partial charge in [0.25, 0.3) is 0 Å². The zero-order valence-corrected chi connectivity index (χ0v) is 10.6. The van der Waals surface area contributed by atoms with Crippen LogP contribution in [0.3, 0.4) is 0 Å². The van der Waals surface area contributed by atoms with Crippen molar-refractivity contribution in [2.24, 2.45) is 5.41 Å². The van der Waals surface area contributed by atoms with Crippen LogP contribution in [0.5, 0.6) is 0 Å². The monoisotopic (exact) mass is 213 g/mol. The number of unbranched alkanes of at least 4 members (excludes halogenated alkanes) is 2. The van der Waals surface area contributed by atoms with Crippen molar-refractivity contribution in [1.29, 1.82) is 0 Å². The van der Waals surface area contributed by atoms with E-state index >= 15 is 0 Å². The van der Waals surface area contributed by atoms with Crippen LogP contribution in [0.2, 0.25) is 0 Å². The molecule has 1 rings (SSSR count). The molecule has 2 heteroatoms. The second-order valence-electron chi connectivity index (χ2n) is 4.86. The van der Waals surface area contributed by atoms with Crippen molar-refractivity contribution in [3.8, 4) is 0 Å². The fourth-order valence-corrected chi connectivity index (χ4v) is 2.57. The normalized spacial score (nSPS) is 31.0. The molecule has 2 nitrogen and oxygen atoms in total. The molecule has 15 heavy (non-hydrogen) atoms. The summed E-state index contributed by atoms with van der Waals surface area (Å²) in [5, 5.41) is 3.51. The predicted molar refractivity (Wildman–Crippen MR) is 65.1 cm³/mol. The van der Waals surface area contributed by atoms with E-state index in [0.29, 0.717) is 11.5 Å². The fourth-order valence-electron chi connectivity index (χ4n) is 2.57. The molecule has 0 bridgehead atoms. The molecule has 0 aliphatic carbocycles. The van der Waals surface area contributed by atoms with Gasteiger partial charge in [0, 0.05) is 18.6 Å². The van der Waals surface area contributed by atoms with Crippen LogP contribution in [0.15, 0.2) is 0 Å². The van der Waals surface area contributed by atoms with E-state index in [4.69, 9.17) is 4.74 Å². The van der Waals surface area contributed by atoms with E-state index in [1.165, 1.54) is 32.1 Å². The van der Waals surface area contributed by atoms with Gasteiger partial charge in [0.05, 0.1) is 6.10 Å². The molecule has 1 N–H and O–H groups in total. The predicted octanol–water partition coefficient (Wildman–Crippen LogP) is 2.97. The van der Waals surface area contributed by atoms with E-state index < -0.39 is 0 Å². The zero-order chi connectivity index (χ0) is 11.1. The largest absolute Gasteiger partial charge is 0.378 e. The molecule has 2 unspecified atom stereocenters. The topological polar surface area (TPSA) is 21.3 Å². The van der Waals surface area contributed by atoms with E-state index in [0.717, 1.165) is 19.7 Å². The van der Waals surface area contributed by atoms with E-state index in [9.17, 15) is 0 Å². The third-order valence-electron chi connectivity index (χ3n) is 3.84. The summed E-state index contributed by atoms with van der Waals surface area (Å²) in [6.45, 7) is 9.86. The molecule has 0 aromatic carbocycles. The number of ether oxygens (including phenoxy) is 1. The van der Waals surface area contributed by atoms with E-state index in [-0.39, 0.29) is 0 Å². The molecular formula is C13H27NO. The lowest BCUT2D eigenvalue weighted by molar-refractivity contribution is 0.0573. The summed E-state index contributed by atoms with van der Waals surface area (Å²) in [6, 6.07) is 0. The molecule has 1 saturated heterocycles. The van der Waals surface area contributed by atoms with Gasteiger partial charge in [-0.3, -0.25) is 0 Å². The van der Waals surface area contributed by atoms with Gasteiger partial charge in [-0.1, -0.05) is 33.1 Å². The summed E-state index contributed by atoms with van der Waals surface area (Å²) in [5.74, 6) is 0. The molecule has 90 valence electrons. The molecule has 0 aromatic heterocycles. The summed E-state index contributed by atoms with van der Waals surface area (Å²) in [7, 11) is 0. The third-order valence-corrected chi connectivity index (χ3v) is 3.84. The second kappa shape index (κ2) is 6.49. The Bertz CT molecular complexity index is 172. The smallest absolute Gasteiger partial charge is 0.0616 e. The minimum Gasteiger partial charge on any atom is -0.378 e. The van der Waals surface area contributed by atoms with Gasteiger partial charge < -0.3 is 10.1 Å². The van der Waals surface area contributed by atoms with Crippen molar-refractivity contribution >= 4 is 0 Å². The summed E-state index contributed by atoms with van der Waals surface area (Å²) in [5.41, 5.74) is 0.422. The van der Waals surface area contributed by atoms with Crippen molar-refractivity contribution in [3.05, 3.63) is 0 Å². The van der Waals surface area contributed by atoms with Gasteiger partial charge in [-0.2, -0.15) is 0 Å². The average Bonchev–Trinajstić information content (AvgIpc) is 2.59. The first-order valence-corrected chi connectivity index (χ1v) is 6.57. The highest BCUT2D eigenvalue weighted by molar-refractivity contribution is 4.91.